The van der Waals surface area contributed by atoms with Crippen LogP contribution in [0.4, 0.5) is 5.82 Å². The molecule has 0 fully saturated rings. The van der Waals surface area contributed by atoms with Crippen molar-refractivity contribution in [1.82, 2.24) is 9.78 Å². The van der Waals surface area contributed by atoms with Crippen molar-refractivity contribution >= 4 is 17.4 Å². The summed E-state index contributed by atoms with van der Waals surface area (Å²) in [4.78, 5) is 0. The lowest BCUT2D eigenvalue weighted by Gasteiger charge is -2.09. The number of benzene rings is 1. The van der Waals surface area contributed by atoms with E-state index in [1.807, 2.05) is 32.9 Å². The molecule has 1 aromatic heterocycles. The molecule has 0 bridgehead atoms. The topological polar surface area (TPSA) is 67.6 Å². The number of rotatable bonds is 2. The minimum absolute atomic E-state index is 0.126. The number of hydrogen-bond acceptors (Lipinski definition) is 3. The highest BCUT2D eigenvalue weighted by molar-refractivity contribution is 6.32. The highest BCUT2D eigenvalue weighted by atomic mass is 35.5. The predicted octanol–water partition coefficient (Wildman–Crippen LogP) is 3.41. The molecule has 1 aromatic carbocycles. The molecule has 2 rings (SSSR count). The fourth-order valence-corrected chi connectivity index (χ4v) is 2.33. The first-order valence-corrected chi connectivity index (χ1v) is 6.39. The van der Waals surface area contributed by atoms with Crippen LogP contribution < -0.4 is 5.73 Å². The molecule has 98 valence electrons. The van der Waals surface area contributed by atoms with E-state index in [0.29, 0.717) is 22.1 Å². The molecule has 0 unspecified atom stereocenters. The maximum atomic E-state index is 9.23. The number of nitrogen functional groups attached to an aromatic ring is 1. The summed E-state index contributed by atoms with van der Waals surface area (Å²) in [6, 6.07) is 7.71. The molecule has 0 atom stereocenters. The Labute approximate surface area is 117 Å². The SMILES string of the molecule is Cc1cccc(Cl)c1-n1nc(C(C)C)c(C#N)c1N. The van der Waals surface area contributed by atoms with Crippen molar-refractivity contribution in [3.63, 3.8) is 0 Å². The van der Waals surface area contributed by atoms with Gasteiger partial charge >= 0.3 is 0 Å². The first-order chi connectivity index (χ1) is 8.97. The number of aryl methyl sites for hydroxylation is 1. The Bertz CT molecular complexity index is 645. The van der Waals surface area contributed by atoms with Crippen molar-refractivity contribution < 1.29 is 0 Å². The van der Waals surface area contributed by atoms with Gasteiger partial charge in [0, 0.05) is 0 Å². The molecule has 4 nitrogen and oxygen atoms in total. The molecule has 0 aliphatic carbocycles. The maximum absolute atomic E-state index is 9.23. The van der Waals surface area contributed by atoms with Gasteiger partial charge in [0.2, 0.25) is 0 Å². The van der Waals surface area contributed by atoms with E-state index in [9.17, 15) is 5.26 Å². The lowest BCUT2D eigenvalue weighted by Crippen LogP contribution is -2.05. The van der Waals surface area contributed by atoms with Crippen molar-refractivity contribution in [2.75, 3.05) is 5.73 Å². The number of nitriles is 1. The third-order valence-electron chi connectivity index (χ3n) is 3.01. The second kappa shape index (κ2) is 4.94. The number of aromatic nitrogens is 2. The van der Waals surface area contributed by atoms with E-state index in [1.165, 1.54) is 0 Å². The molecule has 0 amide bonds. The number of anilines is 1. The zero-order valence-corrected chi connectivity index (χ0v) is 11.9. The van der Waals surface area contributed by atoms with E-state index in [2.05, 4.69) is 11.2 Å². The van der Waals surface area contributed by atoms with Gasteiger partial charge in [-0.15, -0.1) is 0 Å². The van der Waals surface area contributed by atoms with Crippen LogP contribution in [-0.2, 0) is 0 Å². The Balaban J connectivity index is 2.75. The van der Waals surface area contributed by atoms with Gasteiger partial charge in [-0.25, -0.2) is 4.68 Å². The maximum Gasteiger partial charge on any atom is 0.145 e. The number of nitrogens with two attached hydrogens (primary N) is 1. The molecular formula is C14H15ClN4. The molecule has 0 radical (unpaired) electrons. The molecule has 5 heteroatoms. The normalized spacial score (nSPS) is 10.7. The second-order valence-corrected chi connectivity index (χ2v) is 5.14. The van der Waals surface area contributed by atoms with Gasteiger partial charge in [0.1, 0.15) is 17.5 Å². The molecular weight excluding hydrogens is 260 g/mol. The second-order valence-electron chi connectivity index (χ2n) is 4.73. The van der Waals surface area contributed by atoms with E-state index >= 15 is 0 Å². The molecule has 2 aromatic rings. The van der Waals surface area contributed by atoms with Gasteiger partial charge in [-0.05, 0) is 24.5 Å². The monoisotopic (exact) mass is 274 g/mol. The fourth-order valence-electron chi connectivity index (χ4n) is 2.03. The smallest absolute Gasteiger partial charge is 0.145 e. The Morgan fingerprint density at radius 3 is 2.58 bits per heavy atom. The van der Waals surface area contributed by atoms with E-state index in [0.717, 1.165) is 11.3 Å². The third-order valence-corrected chi connectivity index (χ3v) is 3.31. The van der Waals surface area contributed by atoms with Crippen LogP contribution in [0.3, 0.4) is 0 Å². The van der Waals surface area contributed by atoms with Crippen LogP contribution >= 0.6 is 11.6 Å². The van der Waals surface area contributed by atoms with Crippen molar-refractivity contribution in [3.8, 4) is 11.8 Å². The minimum atomic E-state index is 0.126. The van der Waals surface area contributed by atoms with Gasteiger partial charge in [0.25, 0.3) is 0 Å². The Morgan fingerprint density at radius 2 is 2.11 bits per heavy atom. The summed E-state index contributed by atoms with van der Waals surface area (Å²) < 4.78 is 1.56. The minimum Gasteiger partial charge on any atom is -0.382 e. The molecule has 0 aliphatic heterocycles. The van der Waals surface area contributed by atoms with Crippen LogP contribution in [0.5, 0.6) is 0 Å². The Morgan fingerprint density at radius 1 is 1.42 bits per heavy atom. The van der Waals surface area contributed by atoms with Gasteiger partial charge < -0.3 is 5.73 Å². The van der Waals surface area contributed by atoms with E-state index in [-0.39, 0.29) is 5.92 Å². The third kappa shape index (κ3) is 2.18. The summed E-state index contributed by atoms with van der Waals surface area (Å²) in [7, 11) is 0. The zero-order valence-electron chi connectivity index (χ0n) is 11.1. The van der Waals surface area contributed by atoms with Gasteiger partial charge in [0.05, 0.1) is 16.4 Å². The first kappa shape index (κ1) is 13.4. The first-order valence-electron chi connectivity index (χ1n) is 6.01. The number of nitrogens with zero attached hydrogens (tertiary/aromatic N) is 3. The van der Waals surface area contributed by atoms with E-state index in [1.54, 1.807) is 10.7 Å². The van der Waals surface area contributed by atoms with Gasteiger partial charge in [-0.3, -0.25) is 0 Å². The van der Waals surface area contributed by atoms with Crippen LogP contribution in [0.15, 0.2) is 18.2 Å². The Kier molecular flexibility index (Phi) is 3.50. The summed E-state index contributed by atoms with van der Waals surface area (Å²) in [5, 5.41) is 14.3. The van der Waals surface area contributed by atoms with Crippen molar-refractivity contribution in [2.45, 2.75) is 26.7 Å². The van der Waals surface area contributed by atoms with Crippen LogP contribution in [0, 0.1) is 18.3 Å². The number of halogens is 1. The molecule has 19 heavy (non-hydrogen) atoms. The lowest BCUT2D eigenvalue weighted by molar-refractivity contribution is 0.768. The summed E-state index contributed by atoms with van der Waals surface area (Å²) in [5.74, 6) is 0.461. The largest absolute Gasteiger partial charge is 0.382 e. The number of hydrogen-bond donors (Lipinski definition) is 1. The van der Waals surface area contributed by atoms with Crippen LogP contribution in [0.1, 0.15) is 36.6 Å². The van der Waals surface area contributed by atoms with Crippen LogP contribution in [0.25, 0.3) is 5.69 Å². The highest BCUT2D eigenvalue weighted by Crippen LogP contribution is 2.30. The molecule has 0 saturated carbocycles. The standard InChI is InChI=1S/C14H15ClN4/c1-8(2)12-10(7-16)14(17)19(18-12)13-9(3)5-4-6-11(13)15/h4-6,8H,17H2,1-3H3. The fraction of sp³-hybridized carbons (Fsp3) is 0.286. The average molecular weight is 275 g/mol. The van der Waals surface area contributed by atoms with E-state index in [4.69, 9.17) is 17.3 Å². The summed E-state index contributed by atoms with van der Waals surface area (Å²) in [6.45, 7) is 5.89. The summed E-state index contributed by atoms with van der Waals surface area (Å²) in [5.41, 5.74) is 8.85. The molecule has 0 spiro atoms. The van der Waals surface area contributed by atoms with Gasteiger partial charge in [-0.1, -0.05) is 37.6 Å². The molecule has 1 heterocycles. The van der Waals surface area contributed by atoms with Crippen LogP contribution in [-0.4, -0.2) is 9.78 Å². The average Bonchev–Trinajstić information content (AvgIpc) is 2.67. The quantitative estimate of drug-likeness (QED) is 0.912. The Hall–Kier alpha value is -1.99. The molecule has 0 aliphatic rings. The predicted molar refractivity (Wildman–Crippen MR) is 76.5 cm³/mol. The highest BCUT2D eigenvalue weighted by Gasteiger charge is 2.20. The van der Waals surface area contributed by atoms with Crippen molar-refractivity contribution in [2.24, 2.45) is 0 Å². The molecule has 2 N–H and O–H groups in total. The van der Waals surface area contributed by atoms with E-state index < -0.39 is 0 Å². The lowest BCUT2D eigenvalue weighted by atomic mass is 10.1. The van der Waals surface area contributed by atoms with Crippen molar-refractivity contribution in [3.05, 3.63) is 40.0 Å². The van der Waals surface area contributed by atoms with Crippen molar-refractivity contribution in [1.29, 1.82) is 5.26 Å². The van der Waals surface area contributed by atoms with Gasteiger partial charge in [-0.2, -0.15) is 10.4 Å². The van der Waals surface area contributed by atoms with Crippen LogP contribution in [0.2, 0.25) is 5.02 Å². The zero-order chi connectivity index (χ0) is 14.2. The summed E-state index contributed by atoms with van der Waals surface area (Å²) in [6.07, 6.45) is 0. The number of para-hydroxylation sites is 1. The molecule has 0 saturated heterocycles. The summed E-state index contributed by atoms with van der Waals surface area (Å²) >= 11 is 6.22. The van der Waals surface area contributed by atoms with Gasteiger partial charge in [0.15, 0.2) is 0 Å².